The normalized spacial score (nSPS) is 10.8. The summed E-state index contributed by atoms with van der Waals surface area (Å²) >= 11 is 6.03. The Morgan fingerprint density at radius 1 is 1.33 bits per heavy atom. The van der Waals surface area contributed by atoms with Crippen LogP contribution in [0.15, 0.2) is 24.3 Å². The van der Waals surface area contributed by atoms with Crippen molar-refractivity contribution in [3.8, 4) is 5.69 Å². The molecule has 2 N–H and O–H groups in total. The van der Waals surface area contributed by atoms with Gasteiger partial charge in [-0.05, 0) is 37.5 Å². The zero-order valence-electron chi connectivity index (χ0n) is 10.8. The van der Waals surface area contributed by atoms with E-state index in [0.29, 0.717) is 10.8 Å². The van der Waals surface area contributed by atoms with Gasteiger partial charge in [0.2, 0.25) is 0 Å². The van der Waals surface area contributed by atoms with Crippen LogP contribution < -0.4 is 5.73 Å². The molecule has 0 saturated heterocycles. The van der Waals surface area contributed by atoms with Gasteiger partial charge in [-0.3, -0.25) is 0 Å². The van der Waals surface area contributed by atoms with Gasteiger partial charge in [0.1, 0.15) is 5.82 Å². The fourth-order valence-electron chi connectivity index (χ4n) is 1.93. The number of benzene rings is 1. The summed E-state index contributed by atoms with van der Waals surface area (Å²) in [7, 11) is 0. The molecular formula is C14H18ClN3. The molecular weight excluding hydrogens is 246 g/mol. The Morgan fingerprint density at radius 3 is 2.83 bits per heavy atom. The van der Waals surface area contributed by atoms with E-state index >= 15 is 0 Å². The molecule has 2 rings (SSSR count). The van der Waals surface area contributed by atoms with E-state index < -0.39 is 0 Å². The van der Waals surface area contributed by atoms with Crippen LogP contribution in [0.25, 0.3) is 5.69 Å². The quantitative estimate of drug-likeness (QED) is 0.913. The van der Waals surface area contributed by atoms with Gasteiger partial charge in [0.15, 0.2) is 0 Å². The van der Waals surface area contributed by atoms with Gasteiger partial charge in [-0.25, -0.2) is 4.68 Å². The molecule has 0 aliphatic heterocycles. The highest BCUT2D eigenvalue weighted by Gasteiger charge is 2.09. The van der Waals surface area contributed by atoms with Crippen LogP contribution in [0.1, 0.15) is 31.0 Å². The minimum Gasteiger partial charge on any atom is -0.384 e. The number of nitrogens with two attached hydrogens (primary N) is 1. The minimum atomic E-state index is 0.659. The molecule has 96 valence electrons. The predicted molar refractivity (Wildman–Crippen MR) is 76.3 cm³/mol. The molecule has 1 aromatic carbocycles. The molecule has 0 saturated carbocycles. The molecule has 0 amide bonds. The van der Waals surface area contributed by atoms with Crippen LogP contribution in [0.3, 0.4) is 0 Å². The van der Waals surface area contributed by atoms with Gasteiger partial charge >= 0.3 is 0 Å². The number of hydrogen-bond donors (Lipinski definition) is 1. The predicted octanol–water partition coefficient (Wildman–Crippen LogP) is 3.76. The second kappa shape index (κ2) is 5.44. The number of unbranched alkanes of at least 4 members (excludes halogenated alkanes) is 1. The first-order valence-electron chi connectivity index (χ1n) is 6.22. The highest BCUT2D eigenvalue weighted by atomic mass is 35.5. The summed E-state index contributed by atoms with van der Waals surface area (Å²) in [6.45, 7) is 4.19. The lowest BCUT2D eigenvalue weighted by atomic mass is 10.2. The Bertz CT molecular complexity index is 546. The van der Waals surface area contributed by atoms with Crippen molar-refractivity contribution in [3.05, 3.63) is 40.5 Å². The van der Waals surface area contributed by atoms with Crippen LogP contribution in [0, 0.1) is 6.92 Å². The number of nitrogen functional groups attached to an aromatic ring is 1. The summed E-state index contributed by atoms with van der Waals surface area (Å²) in [6.07, 6.45) is 3.25. The lowest BCUT2D eigenvalue weighted by Gasteiger charge is -2.08. The van der Waals surface area contributed by atoms with Crippen molar-refractivity contribution in [2.45, 2.75) is 33.1 Å². The van der Waals surface area contributed by atoms with E-state index in [1.165, 1.54) is 0 Å². The first kappa shape index (κ1) is 13.0. The van der Waals surface area contributed by atoms with Gasteiger partial charge in [0, 0.05) is 11.1 Å². The van der Waals surface area contributed by atoms with Crippen molar-refractivity contribution in [2.75, 3.05) is 5.73 Å². The monoisotopic (exact) mass is 263 g/mol. The summed E-state index contributed by atoms with van der Waals surface area (Å²) in [5.74, 6) is 0.659. The van der Waals surface area contributed by atoms with E-state index in [2.05, 4.69) is 12.0 Å². The third-order valence-electron chi connectivity index (χ3n) is 2.97. The van der Waals surface area contributed by atoms with Crippen molar-refractivity contribution in [3.63, 3.8) is 0 Å². The standard InChI is InChI=1S/C14H18ClN3/c1-3-4-5-12-9-14(16)18(17-12)13-8-11(15)7-6-10(13)2/h6-9H,3-5,16H2,1-2H3. The largest absolute Gasteiger partial charge is 0.384 e. The number of halogens is 1. The van der Waals surface area contributed by atoms with Crippen LogP contribution in [0.4, 0.5) is 5.82 Å². The number of aromatic nitrogens is 2. The van der Waals surface area contributed by atoms with E-state index in [1.54, 1.807) is 4.68 Å². The van der Waals surface area contributed by atoms with Crippen LogP contribution in [-0.4, -0.2) is 9.78 Å². The zero-order valence-corrected chi connectivity index (χ0v) is 11.5. The maximum absolute atomic E-state index is 6.03. The number of anilines is 1. The van der Waals surface area contributed by atoms with Gasteiger partial charge < -0.3 is 5.73 Å². The average molecular weight is 264 g/mol. The molecule has 0 fully saturated rings. The third-order valence-corrected chi connectivity index (χ3v) is 3.21. The van der Waals surface area contributed by atoms with Crippen molar-refractivity contribution in [2.24, 2.45) is 0 Å². The second-order valence-corrected chi connectivity index (χ2v) is 4.94. The van der Waals surface area contributed by atoms with Gasteiger partial charge in [-0.15, -0.1) is 0 Å². The van der Waals surface area contributed by atoms with E-state index in [4.69, 9.17) is 17.3 Å². The first-order valence-corrected chi connectivity index (χ1v) is 6.60. The Labute approximate surface area is 113 Å². The Balaban J connectivity index is 2.38. The Morgan fingerprint density at radius 2 is 2.11 bits per heavy atom. The molecule has 0 spiro atoms. The topological polar surface area (TPSA) is 43.8 Å². The highest BCUT2D eigenvalue weighted by molar-refractivity contribution is 6.30. The fraction of sp³-hybridized carbons (Fsp3) is 0.357. The molecule has 4 heteroatoms. The molecule has 0 atom stereocenters. The number of hydrogen-bond acceptors (Lipinski definition) is 2. The van der Waals surface area contributed by atoms with E-state index in [0.717, 1.165) is 36.2 Å². The molecule has 2 aromatic rings. The summed E-state index contributed by atoms with van der Waals surface area (Å²) in [4.78, 5) is 0. The summed E-state index contributed by atoms with van der Waals surface area (Å²) in [5, 5.41) is 5.25. The van der Waals surface area contributed by atoms with Gasteiger partial charge in [0.25, 0.3) is 0 Å². The molecule has 0 aliphatic rings. The summed E-state index contributed by atoms with van der Waals surface area (Å²) < 4.78 is 1.77. The van der Waals surface area contributed by atoms with E-state index in [9.17, 15) is 0 Å². The summed E-state index contributed by atoms with van der Waals surface area (Å²) in [6, 6.07) is 7.68. The van der Waals surface area contributed by atoms with Crippen molar-refractivity contribution in [1.29, 1.82) is 0 Å². The Kier molecular flexibility index (Phi) is 3.92. The van der Waals surface area contributed by atoms with Crippen molar-refractivity contribution >= 4 is 17.4 Å². The molecule has 0 unspecified atom stereocenters. The molecule has 1 heterocycles. The lowest BCUT2D eigenvalue weighted by Crippen LogP contribution is -2.04. The van der Waals surface area contributed by atoms with Crippen LogP contribution in [0.5, 0.6) is 0 Å². The van der Waals surface area contributed by atoms with Crippen molar-refractivity contribution in [1.82, 2.24) is 9.78 Å². The van der Waals surface area contributed by atoms with Crippen molar-refractivity contribution < 1.29 is 0 Å². The van der Waals surface area contributed by atoms with E-state index in [1.807, 2.05) is 31.2 Å². The smallest absolute Gasteiger partial charge is 0.127 e. The summed E-state index contributed by atoms with van der Waals surface area (Å²) in [5.41, 5.74) is 9.11. The lowest BCUT2D eigenvalue weighted by molar-refractivity contribution is 0.752. The molecule has 3 nitrogen and oxygen atoms in total. The molecule has 0 radical (unpaired) electrons. The number of aryl methyl sites for hydroxylation is 2. The molecule has 18 heavy (non-hydrogen) atoms. The van der Waals surface area contributed by atoms with Gasteiger partial charge in [-0.1, -0.05) is 31.0 Å². The van der Waals surface area contributed by atoms with Gasteiger partial charge in [0.05, 0.1) is 11.4 Å². The number of nitrogens with zero attached hydrogens (tertiary/aromatic N) is 2. The maximum atomic E-state index is 6.03. The minimum absolute atomic E-state index is 0.659. The maximum Gasteiger partial charge on any atom is 0.127 e. The SMILES string of the molecule is CCCCc1cc(N)n(-c2cc(Cl)ccc2C)n1. The molecule has 0 aliphatic carbocycles. The molecule has 0 bridgehead atoms. The van der Waals surface area contributed by atoms with E-state index in [-0.39, 0.29) is 0 Å². The van der Waals surface area contributed by atoms with Crippen LogP contribution in [-0.2, 0) is 6.42 Å². The second-order valence-electron chi connectivity index (χ2n) is 4.51. The number of rotatable bonds is 4. The average Bonchev–Trinajstić information content (AvgIpc) is 2.71. The zero-order chi connectivity index (χ0) is 13.1. The fourth-order valence-corrected chi connectivity index (χ4v) is 2.10. The third kappa shape index (κ3) is 2.67. The van der Waals surface area contributed by atoms with Gasteiger partial charge in [-0.2, -0.15) is 5.10 Å². The highest BCUT2D eigenvalue weighted by Crippen LogP contribution is 2.22. The van der Waals surface area contributed by atoms with Crippen LogP contribution in [0.2, 0.25) is 5.02 Å². The Hall–Kier alpha value is -1.48. The molecule has 1 aromatic heterocycles. The van der Waals surface area contributed by atoms with Crippen LogP contribution >= 0.6 is 11.6 Å². The first-order chi connectivity index (χ1) is 8.61.